The molecule has 1 heterocycles. The van der Waals surface area contributed by atoms with Crippen molar-refractivity contribution >= 4 is 11.8 Å². The summed E-state index contributed by atoms with van der Waals surface area (Å²) in [4.78, 5) is 26.4. The number of carbonyl (C=O) groups is 2. The molecule has 1 saturated heterocycles. The molecule has 0 bridgehead atoms. The van der Waals surface area contributed by atoms with E-state index in [0.717, 1.165) is 42.6 Å². The van der Waals surface area contributed by atoms with Crippen LogP contribution in [-0.4, -0.2) is 42.5 Å². The summed E-state index contributed by atoms with van der Waals surface area (Å²) in [5.41, 5.74) is 2.30. The molecule has 3 rings (SSSR count). The lowest BCUT2D eigenvalue weighted by molar-refractivity contribution is -0.134. The number of amides is 2. The fourth-order valence-electron chi connectivity index (χ4n) is 4.39. The normalized spacial score (nSPS) is 18.7. The van der Waals surface area contributed by atoms with Crippen molar-refractivity contribution in [3.8, 4) is 5.75 Å². The van der Waals surface area contributed by atoms with Crippen LogP contribution in [0.2, 0.25) is 0 Å². The molecule has 0 radical (unpaired) electrons. The number of nitrogens with one attached hydrogen (secondary N) is 1. The average molecular weight is 387 g/mol. The van der Waals surface area contributed by atoms with Gasteiger partial charge in [-0.05, 0) is 43.7 Å². The molecule has 1 aromatic rings. The fourth-order valence-corrected chi connectivity index (χ4v) is 4.39. The first-order valence-electron chi connectivity index (χ1n) is 10.8. The van der Waals surface area contributed by atoms with Crippen LogP contribution >= 0.6 is 0 Å². The van der Waals surface area contributed by atoms with Crippen LogP contribution in [0.15, 0.2) is 18.2 Å². The highest BCUT2D eigenvalue weighted by Gasteiger charge is 2.25. The van der Waals surface area contributed by atoms with Crippen molar-refractivity contribution < 1.29 is 14.3 Å². The largest absolute Gasteiger partial charge is 0.490 e. The number of piperidine rings is 1. The van der Waals surface area contributed by atoms with Crippen molar-refractivity contribution in [2.45, 2.75) is 71.3 Å². The highest BCUT2D eigenvalue weighted by Crippen LogP contribution is 2.27. The maximum Gasteiger partial charge on any atom is 0.241 e. The van der Waals surface area contributed by atoms with Crippen molar-refractivity contribution in [1.82, 2.24) is 10.2 Å². The Hall–Kier alpha value is -2.04. The minimum Gasteiger partial charge on any atom is -0.490 e. The average Bonchev–Trinajstić information content (AvgIpc) is 2.70. The number of likely N-dealkylation sites (tertiary alicyclic amines) is 1. The summed E-state index contributed by atoms with van der Waals surface area (Å²) in [6, 6.07) is 6.18. The van der Waals surface area contributed by atoms with E-state index in [1.807, 2.05) is 11.0 Å². The van der Waals surface area contributed by atoms with E-state index in [2.05, 4.69) is 31.3 Å². The summed E-state index contributed by atoms with van der Waals surface area (Å²) in [5, 5.41) is 2.83. The first-order chi connectivity index (χ1) is 13.5. The zero-order valence-corrected chi connectivity index (χ0v) is 17.3. The van der Waals surface area contributed by atoms with Crippen LogP contribution in [0.5, 0.6) is 5.75 Å². The van der Waals surface area contributed by atoms with E-state index < -0.39 is 0 Å². The molecule has 28 heavy (non-hydrogen) atoms. The van der Waals surface area contributed by atoms with Gasteiger partial charge in [-0.3, -0.25) is 9.59 Å². The van der Waals surface area contributed by atoms with Gasteiger partial charge in [0.2, 0.25) is 11.8 Å². The highest BCUT2D eigenvalue weighted by molar-refractivity contribution is 5.84. The van der Waals surface area contributed by atoms with E-state index in [-0.39, 0.29) is 24.5 Å². The molecular weight excluding hydrogens is 352 g/mol. The van der Waals surface area contributed by atoms with Crippen LogP contribution in [0, 0.1) is 19.8 Å². The molecule has 1 aromatic carbocycles. The van der Waals surface area contributed by atoms with Crippen LogP contribution in [0.3, 0.4) is 0 Å². The fraction of sp³-hybridized carbons (Fsp3) is 0.652. The second-order valence-electron chi connectivity index (χ2n) is 8.40. The van der Waals surface area contributed by atoms with Gasteiger partial charge in [-0.1, -0.05) is 37.5 Å². The Balaban J connectivity index is 1.38. The molecule has 2 fully saturated rings. The maximum absolute atomic E-state index is 12.4. The van der Waals surface area contributed by atoms with Crippen LogP contribution in [-0.2, 0) is 9.59 Å². The van der Waals surface area contributed by atoms with E-state index in [1.165, 1.54) is 19.3 Å². The third-order valence-electron chi connectivity index (χ3n) is 6.12. The number of hydrogen-bond acceptors (Lipinski definition) is 3. The Morgan fingerprint density at radius 3 is 2.32 bits per heavy atom. The van der Waals surface area contributed by atoms with Crippen molar-refractivity contribution in [2.24, 2.45) is 5.92 Å². The van der Waals surface area contributed by atoms with Gasteiger partial charge in [-0.25, -0.2) is 0 Å². The lowest BCUT2D eigenvalue weighted by Crippen LogP contribution is -2.46. The Kier molecular flexibility index (Phi) is 7.35. The van der Waals surface area contributed by atoms with Crippen molar-refractivity contribution in [1.29, 1.82) is 0 Å². The molecular formula is C23H34N2O3. The Bertz CT molecular complexity index is 654. The summed E-state index contributed by atoms with van der Waals surface area (Å²) in [7, 11) is 0. The molecule has 0 unspecified atom stereocenters. The molecule has 5 nitrogen and oxygen atoms in total. The molecule has 0 aromatic heterocycles. The number of ether oxygens (including phenoxy) is 1. The Morgan fingerprint density at radius 1 is 1.04 bits per heavy atom. The molecule has 1 aliphatic carbocycles. The van der Waals surface area contributed by atoms with Gasteiger partial charge < -0.3 is 15.0 Å². The predicted octanol–water partition coefficient (Wildman–Crippen LogP) is 3.76. The van der Waals surface area contributed by atoms with Crippen LogP contribution in [0.25, 0.3) is 0 Å². The number of benzene rings is 1. The van der Waals surface area contributed by atoms with Crippen molar-refractivity contribution in [3.63, 3.8) is 0 Å². The van der Waals surface area contributed by atoms with Gasteiger partial charge in [0, 0.05) is 32.4 Å². The molecule has 5 heteroatoms. The number of aryl methyl sites for hydroxylation is 2. The van der Waals surface area contributed by atoms with Gasteiger partial charge in [-0.15, -0.1) is 0 Å². The van der Waals surface area contributed by atoms with Gasteiger partial charge in [0.15, 0.2) is 0 Å². The van der Waals surface area contributed by atoms with Crippen molar-refractivity contribution in [2.75, 3.05) is 19.6 Å². The second-order valence-corrected chi connectivity index (χ2v) is 8.40. The molecule has 154 valence electrons. The monoisotopic (exact) mass is 386 g/mol. The first kappa shape index (κ1) is 20.7. The summed E-state index contributed by atoms with van der Waals surface area (Å²) >= 11 is 0. The minimum atomic E-state index is 0.0162. The lowest BCUT2D eigenvalue weighted by atomic mass is 9.87. The molecule has 1 N–H and O–H groups in total. The van der Waals surface area contributed by atoms with E-state index in [0.29, 0.717) is 25.4 Å². The topological polar surface area (TPSA) is 58.6 Å². The summed E-state index contributed by atoms with van der Waals surface area (Å²) < 4.78 is 6.22. The molecule has 2 aliphatic rings. The standard InChI is InChI=1S/C23H34N2O3/c1-17-7-6-8-18(2)23(17)28-20-11-13-25(14-12-20)22(27)16-24-21(26)15-19-9-4-3-5-10-19/h6-8,19-20H,3-5,9-16H2,1-2H3,(H,24,26). The van der Waals surface area contributed by atoms with Crippen LogP contribution in [0.1, 0.15) is 62.5 Å². The summed E-state index contributed by atoms with van der Waals surface area (Å²) in [5.74, 6) is 1.51. The molecule has 1 aliphatic heterocycles. The van der Waals surface area contributed by atoms with Crippen molar-refractivity contribution in [3.05, 3.63) is 29.3 Å². The lowest BCUT2D eigenvalue weighted by Gasteiger charge is -2.33. The predicted molar refractivity (Wildman–Crippen MR) is 110 cm³/mol. The molecule has 2 amide bonds. The first-order valence-corrected chi connectivity index (χ1v) is 10.8. The molecule has 0 atom stereocenters. The zero-order valence-electron chi connectivity index (χ0n) is 17.3. The molecule has 1 saturated carbocycles. The Labute approximate surface area is 168 Å². The van der Waals surface area contributed by atoms with Gasteiger partial charge in [0.05, 0.1) is 6.54 Å². The number of nitrogens with zero attached hydrogens (tertiary/aromatic N) is 1. The van der Waals surface area contributed by atoms with E-state index in [4.69, 9.17) is 4.74 Å². The van der Waals surface area contributed by atoms with E-state index in [1.54, 1.807) is 0 Å². The van der Waals surface area contributed by atoms with Gasteiger partial charge in [0.25, 0.3) is 0 Å². The highest BCUT2D eigenvalue weighted by atomic mass is 16.5. The third kappa shape index (κ3) is 5.73. The number of rotatable bonds is 6. The number of para-hydroxylation sites is 1. The van der Waals surface area contributed by atoms with Crippen LogP contribution < -0.4 is 10.1 Å². The summed E-state index contributed by atoms with van der Waals surface area (Å²) in [6.45, 7) is 5.63. The number of carbonyl (C=O) groups excluding carboxylic acids is 2. The minimum absolute atomic E-state index is 0.0162. The van der Waals surface area contributed by atoms with Crippen LogP contribution in [0.4, 0.5) is 0 Å². The summed E-state index contributed by atoms with van der Waals surface area (Å²) in [6.07, 6.45) is 8.42. The van der Waals surface area contributed by atoms with Gasteiger partial charge in [-0.2, -0.15) is 0 Å². The van der Waals surface area contributed by atoms with Gasteiger partial charge >= 0.3 is 0 Å². The maximum atomic E-state index is 12.4. The van der Waals surface area contributed by atoms with E-state index in [9.17, 15) is 9.59 Å². The second kappa shape index (κ2) is 9.94. The number of hydrogen-bond donors (Lipinski definition) is 1. The molecule has 0 spiro atoms. The van der Waals surface area contributed by atoms with E-state index >= 15 is 0 Å². The quantitative estimate of drug-likeness (QED) is 0.810. The Morgan fingerprint density at radius 2 is 1.68 bits per heavy atom. The zero-order chi connectivity index (χ0) is 19.9. The smallest absolute Gasteiger partial charge is 0.241 e. The van der Waals surface area contributed by atoms with Gasteiger partial charge in [0.1, 0.15) is 11.9 Å². The SMILES string of the molecule is Cc1cccc(C)c1OC1CCN(C(=O)CNC(=O)CC2CCCCC2)CC1. The third-order valence-corrected chi connectivity index (χ3v) is 6.12.